The molecule has 1 nitrogen and oxygen atoms in total. The van der Waals surface area contributed by atoms with Crippen LogP contribution in [0.4, 0.5) is 0 Å². The Labute approximate surface area is 210 Å². The third-order valence-corrected chi connectivity index (χ3v) is 5.24. The quantitative estimate of drug-likeness (QED) is 0.116. The van der Waals surface area contributed by atoms with Gasteiger partial charge in [0.2, 0.25) is 0 Å². The molecule has 1 unspecified atom stereocenters. The number of thiol groups is 1. The van der Waals surface area contributed by atoms with Crippen molar-refractivity contribution in [1.82, 2.24) is 0 Å². The Morgan fingerprint density at radius 1 is 0.867 bits per heavy atom. The number of benzene rings is 3. The third kappa shape index (κ3) is 5.11. The van der Waals surface area contributed by atoms with E-state index in [1.54, 1.807) is 0 Å². The summed E-state index contributed by atoms with van der Waals surface area (Å²) in [6, 6.07) is 27.5. The van der Waals surface area contributed by atoms with Crippen LogP contribution in [0.2, 0.25) is 0 Å². The van der Waals surface area contributed by atoms with Crippen molar-refractivity contribution < 1.29 is 25.6 Å². The first-order valence-electron chi connectivity index (χ1n) is 8.97. The van der Waals surface area contributed by atoms with E-state index in [1.807, 2.05) is 12.1 Å². The van der Waals surface area contributed by atoms with Gasteiger partial charge in [-0.25, -0.2) is 0 Å². The molecule has 6 heteroatoms. The summed E-state index contributed by atoms with van der Waals surface area (Å²) in [6.45, 7) is 0. The summed E-state index contributed by atoms with van der Waals surface area (Å²) in [5.74, 6) is 0. The van der Waals surface area contributed by atoms with Crippen molar-refractivity contribution in [2.75, 3.05) is 0 Å². The van der Waals surface area contributed by atoms with E-state index < -0.39 is 20.8 Å². The van der Waals surface area contributed by atoms with Crippen LogP contribution in [-0.4, -0.2) is 0 Å². The molecule has 2 aliphatic rings. The van der Waals surface area contributed by atoms with E-state index in [4.69, 9.17) is 21.8 Å². The van der Waals surface area contributed by atoms with Crippen LogP contribution in [0.1, 0.15) is 17.2 Å². The van der Waals surface area contributed by atoms with Crippen molar-refractivity contribution >= 4 is 74.1 Å². The van der Waals surface area contributed by atoms with Gasteiger partial charge < -0.3 is 18.2 Å². The van der Waals surface area contributed by atoms with Gasteiger partial charge in [0.25, 0.3) is 0 Å². The van der Waals surface area contributed by atoms with Gasteiger partial charge >= 0.3 is 37.9 Å². The van der Waals surface area contributed by atoms with Crippen molar-refractivity contribution in [3.63, 3.8) is 0 Å². The Bertz CT molecular complexity index is 1170. The SMILES string of the molecule is BrC1=[C-]C2=Cc3ccccc3C2O1.[Cl][Zr][Cl].[SH-].c1ccc2c(c1)[cH-]c1ccccc12. The van der Waals surface area contributed by atoms with Crippen molar-refractivity contribution in [3.8, 4) is 0 Å². The van der Waals surface area contributed by atoms with E-state index in [9.17, 15) is 0 Å². The van der Waals surface area contributed by atoms with Crippen LogP contribution in [0, 0.1) is 6.08 Å². The number of hydrogen-bond acceptors (Lipinski definition) is 2. The molecule has 0 spiro atoms. The molecule has 1 heterocycles. The van der Waals surface area contributed by atoms with Gasteiger partial charge in [-0.1, -0.05) is 66.2 Å². The fraction of sp³-hybridized carbons (Fsp3) is 0.0417. The minimum Gasteiger partial charge on any atom is -0.813 e. The fourth-order valence-corrected chi connectivity index (χ4v) is 4.09. The van der Waals surface area contributed by atoms with Crippen LogP contribution in [0.15, 0.2) is 89.1 Å². The summed E-state index contributed by atoms with van der Waals surface area (Å²) in [7, 11) is 9.87. The molecule has 0 bridgehead atoms. The fourth-order valence-electron chi connectivity index (χ4n) is 3.67. The first-order chi connectivity index (χ1) is 14.2. The molecule has 0 fully saturated rings. The number of fused-ring (bicyclic) bond motifs is 6. The molecule has 6 rings (SSSR count). The van der Waals surface area contributed by atoms with Crippen molar-refractivity contribution in [1.29, 1.82) is 0 Å². The van der Waals surface area contributed by atoms with Crippen LogP contribution in [-0.2, 0) is 39.1 Å². The zero-order valence-electron chi connectivity index (χ0n) is 15.6. The predicted octanol–water partition coefficient (Wildman–Crippen LogP) is 8.01. The number of hydrogen-bond donors (Lipinski definition) is 0. The van der Waals surface area contributed by atoms with Gasteiger partial charge in [-0.3, -0.25) is 0 Å². The standard InChI is InChI=1S/C13H9.C11H6BrO.2ClH.H2S.Zr/c1-3-7-12-10(5-1)9-11-6-2-4-8-13(11)12;12-10-6-8-5-7-3-1-2-4-9(7)11(8)13-10;;;;/h1-9H;1-5,11H;2*1H;1H2;/q2*-1;;;;+2/p-3. The van der Waals surface area contributed by atoms with Gasteiger partial charge in [-0.15, -0.1) is 39.7 Å². The molecule has 1 atom stereocenters. The maximum absolute atomic E-state index is 5.57. The number of halogens is 3. The van der Waals surface area contributed by atoms with E-state index in [0.717, 1.165) is 5.57 Å². The summed E-state index contributed by atoms with van der Waals surface area (Å²) in [5.41, 5.74) is 3.60. The predicted molar refractivity (Wildman–Crippen MR) is 131 cm³/mol. The van der Waals surface area contributed by atoms with Gasteiger partial charge in [0.1, 0.15) is 6.10 Å². The maximum atomic E-state index is 5.57. The monoisotopic (exact) mass is 591 g/mol. The number of rotatable bonds is 0. The van der Waals surface area contributed by atoms with Gasteiger partial charge in [0.15, 0.2) is 0 Å². The maximum Gasteiger partial charge on any atom is -0.0771 e. The van der Waals surface area contributed by atoms with Crippen LogP contribution in [0.25, 0.3) is 27.6 Å². The van der Waals surface area contributed by atoms with Crippen LogP contribution in [0.5, 0.6) is 0 Å². The topological polar surface area (TPSA) is 9.23 Å². The molecule has 30 heavy (non-hydrogen) atoms. The second-order valence-corrected chi connectivity index (χ2v) is 11.0. The minimum absolute atomic E-state index is 0. The molecule has 4 aromatic rings. The molecule has 1 aliphatic heterocycles. The van der Waals surface area contributed by atoms with Gasteiger partial charge in [-0.05, 0) is 21.5 Å². The summed E-state index contributed by atoms with van der Waals surface area (Å²) in [4.78, 5) is 0. The zero-order chi connectivity index (χ0) is 20.2. The first-order valence-corrected chi connectivity index (χ1v) is 16.1. The van der Waals surface area contributed by atoms with E-state index >= 15 is 0 Å². The van der Waals surface area contributed by atoms with Crippen LogP contribution in [0.3, 0.4) is 0 Å². The Hall–Kier alpha value is -0.897. The van der Waals surface area contributed by atoms with Gasteiger partial charge in [0.05, 0.1) is 4.67 Å². The average Bonchev–Trinajstić information content (AvgIpc) is 3.39. The second-order valence-electron chi connectivity index (χ2n) is 6.52. The smallest absolute Gasteiger partial charge is 0.0771 e. The molecule has 0 amide bonds. The van der Waals surface area contributed by atoms with Crippen molar-refractivity contribution in [2.45, 2.75) is 6.10 Å². The van der Waals surface area contributed by atoms with E-state index in [0.29, 0.717) is 4.67 Å². The molecule has 152 valence electrons. The second kappa shape index (κ2) is 11.1. The van der Waals surface area contributed by atoms with Gasteiger partial charge in [0, 0.05) is 0 Å². The van der Waals surface area contributed by atoms with Crippen LogP contribution >= 0.6 is 33.0 Å². The molecular weight excluding hydrogens is 578 g/mol. The molecule has 0 radical (unpaired) electrons. The number of ether oxygens (including phenoxy) is 1. The average molecular weight is 594 g/mol. The largest absolute Gasteiger partial charge is 0.813 e. The molecule has 0 saturated carbocycles. The molecule has 0 aromatic heterocycles. The Kier molecular flexibility index (Phi) is 8.80. The Balaban J connectivity index is 0.000000147. The Morgan fingerprint density at radius 3 is 2.03 bits per heavy atom. The summed E-state index contributed by atoms with van der Waals surface area (Å²) in [6.07, 6.45) is 5.33. The third-order valence-electron chi connectivity index (χ3n) is 4.86. The van der Waals surface area contributed by atoms with Crippen molar-refractivity contribution in [3.05, 3.63) is 106 Å². The normalized spacial score (nSPS) is 15.2. The Morgan fingerprint density at radius 2 is 1.40 bits per heavy atom. The van der Waals surface area contributed by atoms with E-state index in [2.05, 4.69) is 94.8 Å². The molecule has 4 aromatic carbocycles. The van der Waals surface area contributed by atoms with E-state index in [1.165, 1.54) is 32.7 Å². The molecule has 0 saturated heterocycles. The van der Waals surface area contributed by atoms with E-state index in [-0.39, 0.29) is 19.6 Å². The minimum atomic E-state index is -0.826. The van der Waals surface area contributed by atoms with Crippen LogP contribution < -0.4 is 0 Å². The molecular formula is C24H16BrCl2OSZr-3. The molecule has 0 N–H and O–H groups in total. The summed E-state index contributed by atoms with van der Waals surface area (Å²) in [5, 5.41) is 5.39. The summed E-state index contributed by atoms with van der Waals surface area (Å²) < 4.78 is 6.27. The van der Waals surface area contributed by atoms with Gasteiger partial charge in [-0.2, -0.15) is 17.7 Å². The summed E-state index contributed by atoms with van der Waals surface area (Å²) >= 11 is 2.46. The van der Waals surface area contributed by atoms with Crippen molar-refractivity contribution in [2.24, 2.45) is 0 Å². The first kappa shape index (κ1) is 23.8. The molecule has 1 aliphatic carbocycles. The zero-order valence-corrected chi connectivity index (χ0v) is 22.1.